The Morgan fingerprint density at radius 3 is 2.79 bits per heavy atom. The van der Waals surface area contributed by atoms with Crippen LogP contribution in [-0.4, -0.2) is 57.6 Å². The monoisotopic (exact) mass is 530 g/mol. The van der Waals surface area contributed by atoms with Crippen LogP contribution in [0.1, 0.15) is 56.9 Å². The van der Waals surface area contributed by atoms with Crippen molar-refractivity contribution < 1.29 is 13.9 Å². The van der Waals surface area contributed by atoms with Crippen molar-refractivity contribution in [2.45, 2.75) is 57.4 Å². The summed E-state index contributed by atoms with van der Waals surface area (Å²) >= 11 is 0. The number of piperidine rings is 1. The molecule has 6 rings (SSSR count). The zero-order valence-electron chi connectivity index (χ0n) is 22.3. The van der Waals surface area contributed by atoms with Gasteiger partial charge in [0.15, 0.2) is 5.65 Å². The molecule has 1 amide bonds. The van der Waals surface area contributed by atoms with Gasteiger partial charge in [0.05, 0.1) is 6.20 Å². The molecule has 1 unspecified atom stereocenters. The molecule has 3 aliphatic rings. The van der Waals surface area contributed by atoms with Gasteiger partial charge in [-0.2, -0.15) is 14.6 Å². The molecule has 3 aromatic rings. The molecule has 0 bridgehead atoms. The average molecular weight is 531 g/mol. The smallest absolute Gasteiger partial charge is 0.251 e. The van der Waals surface area contributed by atoms with Crippen molar-refractivity contribution in [2.24, 2.45) is 0 Å². The number of likely N-dealkylation sites (tertiary alicyclic amines) is 1. The van der Waals surface area contributed by atoms with Gasteiger partial charge in [-0.1, -0.05) is 30.2 Å². The summed E-state index contributed by atoms with van der Waals surface area (Å²) < 4.78 is 21.6. The minimum absolute atomic E-state index is 0.00802. The predicted molar refractivity (Wildman–Crippen MR) is 149 cm³/mol. The molecular formula is C30H35FN6O2. The van der Waals surface area contributed by atoms with Gasteiger partial charge in [-0.3, -0.25) is 4.79 Å². The van der Waals surface area contributed by atoms with Crippen LogP contribution >= 0.6 is 0 Å². The molecule has 3 heterocycles. The number of hydrogen-bond acceptors (Lipinski definition) is 6. The third-order valence-electron chi connectivity index (χ3n) is 7.71. The highest BCUT2D eigenvalue weighted by molar-refractivity contribution is 5.97. The molecule has 1 saturated carbocycles. The number of anilines is 1. The number of carbonyl (C=O) groups excluding carboxylic acids is 1. The van der Waals surface area contributed by atoms with Crippen LogP contribution in [0.5, 0.6) is 11.6 Å². The van der Waals surface area contributed by atoms with Crippen molar-refractivity contribution in [1.82, 2.24) is 24.8 Å². The predicted octanol–water partition coefficient (Wildman–Crippen LogP) is 5.20. The molecule has 8 nitrogen and oxygen atoms in total. The normalized spacial score (nSPS) is 19.9. The zero-order valence-corrected chi connectivity index (χ0v) is 22.3. The first-order valence-corrected chi connectivity index (χ1v) is 14.0. The Kier molecular flexibility index (Phi) is 7.32. The van der Waals surface area contributed by atoms with Crippen LogP contribution in [0, 0.1) is 5.82 Å². The number of nitrogens with zero attached hydrogens (tertiary/aromatic N) is 4. The first kappa shape index (κ1) is 25.6. The van der Waals surface area contributed by atoms with Gasteiger partial charge in [-0.25, -0.2) is 4.39 Å². The first-order chi connectivity index (χ1) is 19.0. The molecule has 2 aliphatic carbocycles. The number of allylic oxidation sites excluding steroid dienone is 2. The molecule has 0 radical (unpaired) electrons. The standard InChI is InChI=1S/C30H35FN6O2/c1-20-16-21(8-11-25(20)30(38)34-23-9-10-23)26-19-33-37-27(32-12-15-36-13-3-2-4-14-36)18-28(35-29(26)37)39-24-7-5-6-22(31)17-24/h5-8,11,17-19,21,23,32H,2-4,9-10,12-16H2,1H3,(H,34,38). The minimum atomic E-state index is -0.366. The molecule has 9 heteroatoms. The number of amides is 1. The van der Waals surface area contributed by atoms with E-state index in [2.05, 4.69) is 26.7 Å². The molecule has 204 valence electrons. The Morgan fingerprint density at radius 1 is 1.18 bits per heavy atom. The van der Waals surface area contributed by atoms with E-state index in [1.165, 1.54) is 31.4 Å². The number of halogens is 1. The van der Waals surface area contributed by atoms with Gasteiger partial charge in [0, 0.05) is 48.3 Å². The number of carbonyl (C=O) groups is 1. The lowest BCUT2D eigenvalue weighted by Crippen LogP contribution is -2.33. The highest BCUT2D eigenvalue weighted by atomic mass is 19.1. The second-order valence-corrected chi connectivity index (χ2v) is 10.8. The van der Waals surface area contributed by atoms with Crippen LogP contribution in [0.2, 0.25) is 0 Å². The molecule has 1 aliphatic heterocycles. The number of aromatic nitrogens is 3. The maximum Gasteiger partial charge on any atom is 0.251 e. The Hall–Kier alpha value is -3.72. The Bertz CT molecular complexity index is 1420. The zero-order chi connectivity index (χ0) is 26.8. The van der Waals surface area contributed by atoms with Crippen LogP contribution in [0.15, 0.2) is 59.8 Å². The van der Waals surface area contributed by atoms with Gasteiger partial charge in [-0.05, 0) is 64.3 Å². The Morgan fingerprint density at radius 2 is 2.03 bits per heavy atom. The number of benzene rings is 1. The highest BCUT2D eigenvalue weighted by Crippen LogP contribution is 2.35. The third kappa shape index (κ3) is 5.98. The number of fused-ring (bicyclic) bond motifs is 1. The van der Waals surface area contributed by atoms with Crippen molar-refractivity contribution in [3.63, 3.8) is 0 Å². The molecule has 2 N–H and O–H groups in total. The van der Waals surface area contributed by atoms with E-state index < -0.39 is 0 Å². The summed E-state index contributed by atoms with van der Waals surface area (Å²) in [7, 11) is 0. The van der Waals surface area contributed by atoms with Gasteiger partial charge in [0.1, 0.15) is 17.4 Å². The van der Waals surface area contributed by atoms with E-state index in [9.17, 15) is 9.18 Å². The number of hydrogen-bond donors (Lipinski definition) is 2. The van der Waals surface area contributed by atoms with Crippen molar-refractivity contribution in [3.05, 3.63) is 71.2 Å². The van der Waals surface area contributed by atoms with Crippen molar-refractivity contribution in [3.8, 4) is 11.6 Å². The molecule has 39 heavy (non-hydrogen) atoms. The quantitative estimate of drug-likeness (QED) is 0.396. The summed E-state index contributed by atoms with van der Waals surface area (Å²) in [5.74, 6) is 1.19. The van der Waals surface area contributed by atoms with Crippen LogP contribution in [0.3, 0.4) is 0 Å². The molecular weight excluding hydrogens is 495 g/mol. The van der Waals surface area contributed by atoms with Crippen LogP contribution in [0.4, 0.5) is 10.2 Å². The Balaban J connectivity index is 1.26. The number of nitrogens with one attached hydrogen (secondary N) is 2. The van der Waals surface area contributed by atoms with E-state index in [4.69, 9.17) is 9.72 Å². The lowest BCUT2D eigenvalue weighted by atomic mass is 9.86. The van der Waals surface area contributed by atoms with E-state index in [0.717, 1.165) is 61.5 Å². The summed E-state index contributed by atoms with van der Waals surface area (Å²) in [5, 5.41) is 11.3. The molecule has 1 saturated heterocycles. The van der Waals surface area contributed by atoms with Crippen LogP contribution < -0.4 is 15.4 Å². The summed E-state index contributed by atoms with van der Waals surface area (Å²) in [6.07, 6.45) is 12.5. The van der Waals surface area contributed by atoms with Gasteiger partial charge in [0.25, 0.3) is 5.91 Å². The van der Waals surface area contributed by atoms with Crippen LogP contribution in [-0.2, 0) is 4.79 Å². The van der Waals surface area contributed by atoms with Gasteiger partial charge >= 0.3 is 0 Å². The second-order valence-electron chi connectivity index (χ2n) is 10.8. The van der Waals surface area contributed by atoms with E-state index in [-0.39, 0.29) is 17.6 Å². The van der Waals surface area contributed by atoms with E-state index in [0.29, 0.717) is 29.7 Å². The highest BCUT2D eigenvalue weighted by Gasteiger charge is 2.27. The van der Waals surface area contributed by atoms with Crippen LogP contribution in [0.25, 0.3) is 5.65 Å². The first-order valence-electron chi connectivity index (χ1n) is 14.0. The van der Waals surface area contributed by atoms with Crippen molar-refractivity contribution in [2.75, 3.05) is 31.5 Å². The fourth-order valence-corrected chi connectivity index (χ4v) is 5.41. The van der Waals surface area contributed by atoms with E-state index in [1.807, 2.05) is 29.8 Å². The average Bonchev–Trinajstić information content (AvgIpc) is 3.64. The fourth-order valence-electron chi connectivity index (χ4n) is 5.41. The second kappa shape index (κ2) is 11.2. The Labute approximate surface area is 227 Å². The molecule has 0 spiro atoms. The topological polar surface area (TPSA) is 83.8 Å². The van der Waals surface area contributed by atoms with Gasteiger partial charge in [-0.15, -0.1) is 0 Å². The molecule has 1 atom stereocenters. The maximum absolute atomic E-state index is 13.8. The fraction of sp³-hybridized carbons (Fsp3) is 0.433. The summed E-state index contributed by atoms with van der Waals surface area (Å²) in [6.45, 7) is 5.99. The van der Waals surface area contributed by atoms with E-state index in [1.54, 1.807) is 12.1 Å². The SMILES string of the molecule is CC1=C(C(=O)NC2CC2)C=CC(c2cnn3c(NCCN4CCCCC4)cc(Oc4cccc(F)c4)nc23)C1. The van der Waals surface area contributed by atoms with Crippen molar-refractivity contribution in [1.29, 1.82) is 0 Å². The maximum atomic E-state index is 13.8. The minimum Gasteiger partial charge on any atom is -0.439 e. The summed E-state index contributed by atoms with van der Waals surface area (Å²) in [6, 6.07) is 8.19. The largest absolute Gasteiger partial charge is 0.439 e. The molecule has 2 fully saturated rings. The number of rotatable bonds is 9. The summed E-state index contributed by atoms with van der Waals surface area (Å²) in [5.41, 5.74) is 3.43. The third-order valence-corrected chi connectivity index (χ3v) is 7.71. The summed E-state index contributed by atoms with van der Waals surface area (Å²) in [4.78, 5) is 19.9. The molecule has 2 aromatic heterocycles. The van der Waals surface area contributed by atoms with E-state index >= 15 is 0 Å². The van der Waals surface area contributed by atoms with Gasteiger partial charge < -0.3 is 20.3 Å². The molecule has 1 aromatic carbocycles. The lowest BCUT2D eigenvalue weighted by molar-refractivity contribution is -0.117. The van der Waals surface area contributed by atoms with Gasteiger partial charge in [0.2, 0.25) is 5.88 Å². The number of ether oxygens (including phenoxy) is 1. The lowest BCUT2D eigenvalue weighted by Gasteiger charge is -2.26. The van der Waals surface area contributed by atoms with Crippen molar-refractivity contribution >= 4 is 17.4 Å².